The van der Waals surface area contributed by atoms with Crippen LogP contribution in [0.4, 0.5) is 4.39 Å². The first-order chi connectivity index (χ1) is 6.22. The Morgan fingerprint density at radius 1 is 1.15 bits per heavy atom. The van der Waals surface area contributed by atoms with E-state index in [4.69, 9.17) is 9.47 Å². The fourth-order valence-electron chi connectivity index (χ4n) is 0.992. The van der Waals surface area contributed by atoms with Crippen LogP contribution in [0.3, 0.4) is 0 Å². The van der Waals surface area contributed by atoms with Crippen LogP contribution >= 0.6 is 11.8 Å². The molecule has 0 N–H and O–H groups in total. The maximum Gasteiger partial charge on any atom is 0.168 e. The van der Waals surface area contributed by atoms with E-state index in [0.717, 1.165) is 4.90 Å². The van der Waals surface area contributed by atoms with Crippen LogP contribution in [0.25, 0.3) is 0 Å². The van der Waals surface area contributed by atoms with Crippen LogP contribution < -0.4 is 9.47 Å². The molecule has 0 saturated carbocycles. The van der Waals surface area contributed by atoms with E-state index in [1.807, 2.05) is 6.26 Å². The van der Waals surface area contributed by atoms with E-state index in [-0.39, 0.29) is 5.75 Å². The molecule has 1 rings (SSSR count). The molecule has 0 bridgehead atoms. The number of hydrogen-bond donors (Lipinski definition) is 0. The Bertz CT molecular complexity index is 302. The smallest absolute Gasteiger partial charge is 0.168 e. The number of hydrogen-bond acceptors (Lipinski definition) is 3. The Balaban J connectivity index is 3.18. The van der Waals surface area contributed by atoms with E-state index < -0.39 is 5.82 Å². The SMILES string of the molecule is COc1cc(SC)c(OC)cc1F. The maximum absolute atomic E-state index is 13.1. The molecule has 0 heterocycles. The highest BCUT2D eigenvalue weighted by atomic mass is 32.2. The van der Waals surface area contributed by atoms with Gasteiger partial charge in [0.05, 0.1) is 19.1 Å². The molecule has 0 aliphatic carbocycles. The van der Waals surface area contributed by atoms with Crippen molar-refractivity contribution in [1.29, 1.82) is 0 Å². The normalized spacial score (nSPS) is 9.85. The van der Waals surface area contributed by atoms with Crippen molar-refractivity contribution in [3.8, 4) is 11.5 Å². The third-order valence-corrected chi connectivity index (χ3v) is 2.42. The summed E-state index contributed by atoms with van der Waals surface area (Å²) in [6.45, 7) is 0. The zero-order valence-electron chi connectivity index (χ0n) is 7.76. The minimum atomic E-state index is -0.405. The van der Waals surface area contributed by atoms with Gasteiger partial charge in [0.25, 0.3) is 0 Å². The second-order valence-electron chi connectivity index (χ2n) is 2.34. The summed E-state index contributed by atoms with van der Waals surface area (Å²) in [6.07, 6.45) is 1.90. The van der Waals surface area contributed by atoms with Crippen molar-refractivity contribution in [1.82, 2.24) is 0 Å². The van der Waals surface area contributed by atoms with Gasteiger partial charge in [-0.3, -0.25) is 0 Å². The molecule has 4 heteroatoms. The van der Waals surface area contributed by atoms with Gasteiger partial charge in [-0.2, -0.15) is 0 Å². The maximum atomic E-state index is 13.1. The number of benzene rings is 1. The van der Waals surface area contributed by atoms with E-state index in [0.29, 0.717) is 5.75 Å². The van der Waals surface area contributed by atoms with E-state index >= 15 is 0 Å². The second kappa shape index (κ2) is 4.37. The van der Waals surface area contributed by atoms with Gasteiger partial charge in [-0.1, -0.05) is 0 Å². The monoisotopic (exact) mass is 202 g/mol. The minimum Gasteiger partial charge on any atom is -0.495 e. The molecule has 1 aromatic rings. The molecular formula is C9H11FO2S. The van der Waals surface area contributed by atoms with Crippen molar-refractivity contribution in [2.24, 2.45) is 0 Å². The fraction of sp³-hybridized carbons (Fsp3) is 0.333. The molecule has 1 aromatic carbocycles. The standard InChI is InChI=1S/C9H11FO2S/c1-11-7-5-9(13-3)8(12-2)4-6(7)10/h4-5H,1-3H3. The first kappa shape index (κ1) is 10.2. The number of rotatable bonds is 3. The first-order valence-corrected chi connectivity index (χ1v) is 4.91. The Hall–Kier alpha value is -0.900. The molecule has 0 aromatic heterocycles. The van der Waals surface area contributed by atoms with E-state index in [9.17, 15) is 4.39 Å². The van der Waals surface area contributed by atoms with Crippen molar-refractivity contribution in [2.45, 2.75) is 4.90 Å². The van der Waals surface area contributed by atoms with Gasteiger partial charge >= 0.3 is 0 Å². The molecule has 0 aliphatic rings. The van der Waals surface area contributed by atoms with Crippen molar-refractivity contribution >= 4 is 11.8 Å². The number of ether oxygens (including phenoxy) is 2. The number of thioether (sulfide) groups is 1. The van der Waals surface area contributed by atoms with Gasteiger partial charge < -0.3 is 9.47 Å². The molecule has 0 amide bonds. The van der Waals surface area contributed by atoms with E-state index in [1.165, 1.54) is 32.0 Å². The van der Waals surface area contributed by atoms with Crippen LogP contribution in [0.5, 0.6) is 11.5 Å². The lowest BCUT2D eigenvalue weighted by Crippen LogP contribution is -1.92. The summed E-state index contributed by atoms with van der Waals surface area (Å²) in [5.41, 5.74) is 0. The van der Waals surface area contributed by atoms with Crippen LogP contribution in [-0.2, 0) is 0 Å². The quantitative estimate of drug-likeness (QED) is 0.702. The molecule has 0 spiro atoms. The molecule has 0 saturated heterocycles. The summed E-state index contributed by atoms with van der Waals surface area (Å²) in [6, 6.07) is 2.95. The highest BCUT2D eigenvalue weighted by Crippen LogP contribution is 2.33. The van der Waals surface area contributed by atoms with Gasteiger partial charge in [0.2, 0.25) is 0 Å². The average Bonchev–Trinajstić information content (AvgIpc) is 2.17. The summed E-state index contributed by atoms with van der Waals surface area (Å²) in [7, 11) is 2.95. The van der Waals surface area contributed by atoms with Gasteiger partial charge in [-0.25, -0.2) is 4.39 Å². The van der Waals surface area contributed by atoms with Crippen LogP contribution in [0.15, 0.2) is 17.0 Å². The van der Waals surface area contributed by atoms with Gasteiger partial charge in [-0.05, 0) is 6.26 Å². The summed E-state index contributed by atoms with van der Waals surface area (Å²) >= 11 is 1.49. The Morgan fingerprint density at radius 3 is 2.23 bits per heavy atom. The predicted octanol–water partition coefficient (Wildman–Crippen LogP) is 2.56. The lowest BCUT2D eigenvalue weighted by atomic mass is 10.3. The van der Waals surface area contributed by atoms with Crippen LogP contribution in [0.1, 0.15) is 0 Å². The van der Waals surface area contributed by atoms with Crippen molar-refractivity contribution in [3.63, 3.8) is 0 Å². The molecule has 0 atom stereocenters. The largest absolute Gasteiger partial charge is 0.495 e. The minimum absolute atomic E-state index is 0.241. The van der Waals surface area contributed by atoms with Crippen molar-refractivity contribution in [3.05, 3.63) is 17.9 Å². The van der Waals surface area contributed by atoms with Gasteiger partial charge in [0.1, 0.15) is 5.75 Å². The molecule has 0 unspecified atom stereocenters. The molecular weight excluding hydrogens is 191 g/mol. The summed E-state index contributed by atoms with van der Waals surface area (Å²) < 4.78 is 23.0. The lowest BCUT2D eigenvalue weighted by Gasteiger charge is -2.08. The number of methoxy groups -OCH3 is 2. The van der Waals surface area contributed by atoms with Crippen LogP contribution in [0.2, 0.25) is 0 Å². The molecule has 0 fully saturated rings. The summed E-state index contributed by atoms with van der Waals surface area (Å²) in [4.78, 5) is 0.862. The van der Waals surface area contributed by atoms with Crippen molar-refractivity contribution < 1.29 is 13.9 Å². The first-order valence-electron chi connectivity index (χ1n) is 3.68. The Labute approximate surface area is 81.0 Å². The lowest BCUT2D eigenvalue weighted by molar-refractivity contribution is 0.371. The van der Waals surface area contributed by atoms with E-state index in [1.54, 1.807) is 6.07 Å². The fourth-order valence-corrected chi connectivity index (χ4v) is 1.56. The van der Waals surface area contributed by atoms with Crippen LogP contribution in [0, 0.1) is 5.82 Å². The zero-order chi connectivity index (χ0) is 9.84. The topological polar surface area (TPSA) is 18.5 Å². The molecule has 0 radical (unpaired) electrons. The third-order valence-electron chi connectivity index (χ3n) is 1.66. The van der Waals surface area contributed by atoms with Crippen molar-refractivity contribution in [2.75, 3.05) is 20.5 Å². The Kier molecular flexibility index (Phi) is 3.42. The predicted molar refractivity (Wildman–Crippen MR) is 51.3 cm³/mol. The molecule has 72 valence electrons. The highest BCUT2D eigenvalue weighted by Gasteiger charge is 2.09. The van der Waals surface area contributed by atoms with Crippen LogP contribution in [-0.4, -0.2) is 20.5 Å². The molecule has 0 aliphatic heterocycles. The number of halogens is 1. The highest BCUT2D eigenvalue weighted by molar-refractivity contribution is 7.98. The summed E-state index contributed by atoms with van der Waals surface area (Å²) in [5.74, 6) is 0.369. The van der Waals surface area contributed by atoms with E-state index in [2.05, 4.69) is 0 Å². The Morgan fingerprint density at radius 2 is 1.77 bits per heavy atom. The molecule has 2 nitrogen and oxygen atoms in total. The van der Waals surface area contributed by atoms with Gasteiger partial charge in [0.15, 0.2) is 11.6 Å². The average molecular weight is 202 g/mol. The third kappa shape index (κ3) is 2.06. The van der Waals surface area contributed by atoms with Gasteiger partial charge in [0, 0.05) is 12.1 Å². The molecule has 13 heavy (non-hydrogen) atoms. The second-order valence-corrected chi connectivity index (χ2v) is 3.19. The zero-order valence-corrected chi connectivity index (χ0v) is 8.57. The summed E-state index contributed by atoms with van der Waals surface area (Å²) in [5, 5.41) is 0. The van der Waals surface area contributed by atoms with Gasteiger partial charge in [-0.15, -0.1) is 11.8 Å².